The second kappa shape index (κ2) is 8.99. The van der Waals surface area contributed by atoms with E-state index in [1.165, 1.54) is 38.9 Å². The van der Waals surface area contributed by atoms with Crippen LogP contribution >= 0.6 is 0 Å². The van der Waals surface area contributed by atoms with Crippen molar-refractivity contribution in [3.63, 3.8) is 0 Å². The lowest BCUT2D eigenvalue weighted by atomic mass is 9.68. The number of nitrogens with zero attached hydrogens (tertiary/aromatic N) is 2. The summed E-state index contributed by atoms with van der Waals surface area (Å²) < 4.78 is 1.79. The Morgan fingerprint density at radius 2 is 1.49 bits per heavy atom. The highest BCUT2D eigenvalue weighted by Gasteiger charge is 2.66. The van der Waals surface area contributed by atoms with Gasteiger partial charge >= 0.3 is 0 Å². The van der Waals surface area contributed by atoms with Gasteiger partial charge in [-0.1, -0.05) is 68.7 Å². The SMILES string of the molecule is CC(C)(CCCC(C)(C)n1c(O)cc(C(C)(C)CC2(C)CC2(C)C(C)(C)C)c1O)CCN1CCC1. The summed E-state index contributed by atoms with van der Waals surface area (Å²) in [6, 6.07) is 1.83. The second-order valence-electron chi connectivity index (χ2n) is 15.7. The van der Waals surface area contributed by atoms with Crippen LogP contribution in [0.2, 0.25) is 0 Å². The first kappa shape index (κ1) is 28.4. The van der Waals surface area contributed by atoms with Crippen molar-refractivity contribution in [2.75, 3.05) is 19.6 Å². The fourth-order valence-electron chi connectivity index (χ4n) is 7.12. The number of aromatic nitrogens is 1. The maximum Gasteiger partial charge on any atom is 0.198 e. The summed E-state index contributed by atoms with van der Waals surface area (Å²) in [5.74, 6) is 0.434. The molecule has 1 saturated carbocycles. The summed E-state index contributed by atoms with van der Waals surface area (Å²) in [5.41, 5.74) is 1.40. The predicted octanol–water partition coefficient (Wildman–Crippen LogP) is 8.06. The highest BCUT2D eigenvalue weighted by Crippen LogP contribution is 2.74. The first-order chi connectivity index (χ1) is 15.7. The molecule has 0 bridgehead atoms. The Labute approximate surface area is 216 Å². The Morgan fingerprint density at radius 3 is 1.97 bits per heavy atom. The lowest BCUT2D eigenvalue weighted by Gasteiger charge is -2.37. The Kier molecular flexibility index (Phi) is 7.30. The molecule has 1 aromatic rings. The van der Waals surface area contributed by atoms with Gasteiger partial charge in [-0.25, -0.2) is 0 Å². The van der Waals surface area contributed by atoms with Crippen molar-refractivity contribution in [1.29, 1.82) is 0 Å². The molecule has 0 spiro atoms. The van der Waals surface area contributed by atoms with Gasteiger partial charge in [0.25, 0.3) is 0 Å². The van der Waals surface area contributed by atoms with Crippen LogP contribution in [0.5, 0.6) is 11.8 Å². The molecule has 2 fully saturated rings. The van der Waals surface area contributed by atoms with Crippen LogP contribution in [0.3, 0.4) is 0 Å². The van der Waals surface area contributed by atoms with Crippen molar-refractivity contribution in [3.8, 4) is 11.8 Å². The summed E-state index contributed by atoms with van der Waals surface area (Å²) >= 11 is 0. The molecule has 2 unspecified atom stereocenters. The van der Waals surface area contributed by atoms with Crippen LogP contribution in [0, 0.1) is 21.7 Å². The van der Waals surface area contributed by atoms with Crippen molar-refractivity contribution in [2.45, 2.75) is 132 Å². The first-order valence-electron chi connectivity index (χ1n) is 14.1. The van der Waals surface area contributed by atoms with Crippen molar-refractivity contribution in [1.82, 2.24) is 9.47 Å². The molecule has 4 heteroatoms. The van der Waals surface area contributed by atoms with Crippen LogP contribution in [0.4, 0.5) is 0 Å². The maximum absolute atomic E-state index is 11.4. The van der Waals surface area contributed by atoms with Gasteiger partial charge in [0.2, 0.25) is 0 Å². The van der Waals surface area contributed by atoms with E-state index < -0.39 is 0 Å². The Balaban J connectivity index is 1.68. The van der Waals surface area contributed by atoms with E-state index in [0.717, 1.165) is 31.2 Å². The lowest BCUT2D eigenvalue weighted by Crippen LogP contribution is -2.39. The molecule has 2 N–H and O–H groups in total. The fourth-order valence-corrected chi connectivity index (χ4v) is 7.12. The largest absolute Gasteiger partial charge is 0.494 e. The van der Waals surface area contributed by atoms with E-state index >= 15 is 0 Å². The average molecular weight is 489 g/mol. The fraction of sp³-hybridized carbons (Fsp3) is 0.871. The van der Waals surface area contributed by atoms with E-state index in [-0.39, 0.29) is 33.5 Å². The smallest absolute Gasteiger partial charge is 0.198 e. The third-order valence-corrected chi connectivity index (χ3v) is 10.4. The number of hydrogen-bond donors (Lipinski definition) is 2. The van der Waals surface area contributed by atoms with Gasteiger partial charge in [-0.05, 0) is 99.1 Å². The number of likely N-dealkylation sites (tertiary alicyclic amines) is 1. The van der Waals surface area contributed by atoms with Gasteiger partial charge in [-0.2, -0.15) is 0 Å². The monoisotopic (exact) mass is 488 g/mol. The molecule has 0 radical (unpaired) electrons. The van der Waals surface area contributed by atoms with Crippen LogP contribution in [-0.2, 0) is 11.0 Å². The Morgan fingerprint density at radius 1 is 0.886 bits per heavy atom. The highest BCUT2D eigenvalue weighted by molar-refractivity contribution is 5.42. The van der Waals surface area contributed by atoms with Gasteiger partial charge in [-0.3, -0.25) is 4.57 Å². The summed E-state index contributed by atoms with van der Waals surface area (Å²) in [6.07, 6.45) is 7.96. The molecule has 2 heterocycles. The second-order valence-corrected chi connectivity index (χ2v) is 15.7. The third-order valence-electron chi connectivity index (χ3n) is 10.4. The Hall–Kier alpha value is -1.16. The Bertz CT molecular complexity index is 900. The molecule has 1 aromatic heterocycles. The molecule has 0 aromatic carbocycles. The molecular weight excluding hydrogens is 432 g/mol. The molecule has 1 saturated heterocycles. The van der Waals surface area contributed by atoms with E-state index in [1.807, 2.05) is 6.07 Å². The lowest BCUT2D eigenvalue weighted by molar-refractivity contribution is 0.143. The van der Waals surface area contributed by atoms with Gasteiger partial charge in [0.15, 0.2) is 11.8 Å². The number of rotatable bonds is 11. The molecular formula is C31H56N2O2. The summed E-state index contributed by atoms with van der Waals surface area (Å²) in [7, 11) is 0. The van der Waals surface area contributed by atoms with Gasteiger partial charge in [-0.15, -0.1) is 0 Å². The zero-order valence-electron chi connectivity index (χ0n) is 24.9. The minimum Gasteiger partial charge on any atom is -0.494 e. The molecule has 2 aliphatic rings. The average Bonchev–Trinajstić information content (AvgIpc) is 3.02. The van der Waals surface area contributed by atoms with Crippen molar-refractivity contribution >= 4 is 0 Å². The minimum atomic E-state index is -0.348. The number of aromatic hydroxyl groups is 2. The highest BCUT2D eigenvalue weighted by atomic mass is 16.3. The molecule has 3 rings (SSSR count). The normalized spacial score (nSPS) is 26.1. The molecule has 202 valence electrons. The van der Waals surface area contributed by atoms with Crippen molar-refractivity contribution in [3.05, 3.63) is 11.6 Å². The zero-order chi connectivity index (χ0) is 26.7. The quantitative estimate of drug-likeness (QED) is 0.331. The van der Waals surface area contributed by atoms with Crippen molar-refractivity contribution in [2.24, 2.45) is 21.7 Å². The zero-order valence-corrected chi connectivity index (χ0v) is 24.9. The topological polar surface area (TPSA) is 48.6 Å². The van der Waals surface area contributed by atoms with Gasteiger partial charge in [0.1, 0.15) is 0 Å². The first-order valence-corrected chi connectivity index (χ1v) is 14.1. The van der Waals surface area contributed by atoms with E-state index in [4.69, 9.17) is 0 Å². The summed E-state index contributed by atoms with van der Waals surface area (Å²) in [5, 5.41) is 22.4. The van der Waals surface area contributed by atoms with E-state index in [2.05, 4.69) is 81.1 Å². The summed E-state index contributed by atoms with van der Waals surface area (Å²) in [6.45, 7) is 29.1. The van der Waals surface area contributed by atoms with E-state index in [0.29, 0.717) is 10.8 Å². The van der Waals surface area contributed by atoms with Gasteiger partial charge in [0, 0.05) is 17.2 Å². The minimum absolute atomic E-state index is 0.187. The standard InChI is InChI=1S/C31H56N2O2/c1-26(2,3)31(11)22-30(31,10)21-28(6,7)23-20-24(34)33(25(23)35)29(8,9)15-12-14-27(4,5)16-19-32-17-13-18-32/h20,34-35H,12-19,21-22H2,1-11H3. The molecule has 4 nitrogen and oxygen atoms in total. The number of hydrogen-bond acceptors (Lipinski definition) is 3. The van der Waals surface area contributed by atoms with Crippen LogP contribution in [-0.4, -0.2) is 39.3 Å². The van der Waals surface area contributed by atoms with Crippen LogP contribution in [0.25, 0.3) is 0 Å². The van der Waals surface area contributed by atoms with Crippen LogP contribution < -0.4 is 0 Å². The van der Waals surface area contributed by atoms with Gasteiger partial charge in [0.05, 0.1) is 0 Å². The van der Waals surface area contributed by atoms with Crippen LogP contribution in [0.15, 0.2) is 6.07 Å². The predicted molar refractivity (Wildman–Crippen MR) is 148 cm³/mol. The molecule has 1 aliphatic heterocycles. The molecule has 2 atom stereocenters. The third kappa shape index (κ3) is 5.58. The van der Waals surface area contributed by atoms with E-state index in [1.54, 1.807) is 4.57 Å². The molecule has 35 heavy (non-hydrogen) atoms. The van der Waals surface area contributed by atoms with Gasteiger partial charge < -0.3 is 15.1 Å². The molecule has 0 amide bonds. The molecule has 1 aliphatic carbocycles. The summed E-state index contributed by atoms with van der Waals surface area (Å²) in [4.78, 5) is 2.55. The maximum atomic E-state index is 11.4. The van der Waals surface area contributed by atoms with E-state index in [9.17, 15) is 10.2 Å². The van der Waals surface area contributed by atoms with Crippen LogP contribution in [0.1, 0.15) is 127 Å². The van der Waals surface area contributed by atoms with Crippen molar-refractivity contribution < 1.29 is 10.2 Å².